The molecule has 5 nitrogen and oxygen atoms in total. The number of ether oxygens (including phenoxy) is 1. The van der Waals surface area contributed by atoms with Crippen LogP contribution in [0.4, 0.5) is 5.69 Å². The van der Waals surface area contributed by atoms with Gasteiger partial charge in [-0.25, -0.2) is 13.1 Å². The van der Waals surface area contributed by atoms with Crippen molar-refractivity contribution >= 4 is 31.6 Å². The Morgan fingerprint density at radius 1 is 1.59 bits per heavy atom. The fraction of sp³-hybridized carbons (Fsp3) is 0.200. The van der Waals surface area contributed by atoms with Gasteiger partial charge < -0.3 is 10.5 Å². The van der Waals surface area contributed by atoms with Crippen LogP contribution in [0.1, 0.15) is 0 Å². The molecular formula is C10H13BrN2O3S. The van der Waals surface area contributed by atoms with Gasteiger partial charge in [0.15, 0.2) is 0 Å². The number of nitrogen functional groups attached to an aromatic ring is 1. The molecule has 0 aliphatic rings. The molecule has 0 saturated carbocycles. The number of nitrogens with two attached hydrogens (primary N) is 1. The van der Waals surface area contributed by atoms with Crippen molar-refractivity contribution in [3.8, 4) is 5.75 Å². The second-order valence-corrected chi connectivity index (χ2v) is 6.11. The molecule has 0 saturated heterocycles. The van der Waals surface area contributed by atoms with Gasteiger partial charge in [0.2, 0.25) is 10.0 Å². The number of sulfonamides is 1. The second kappa shape index (κ2) is 5.52. The number of methoxy groups -OCH3 is 1. The van der Waals surface area contributed by atoms with Crippen molar-refractivity contribution in [2.45, 2.75) is 4.90 Å². The summed E-state index contributed by atoms with van der Waals surface area (Å²) in [4.78, 5) is 0.00810. The highest BCUT2D eigenvalue weighted by Gasteiger charge is 2.19. The van der Waals surface area contributed by atoms with Gasteiger partial charge in [-0.05, 0) is 18.2 Å². The molecule has 0 unspecified atom stereocenters. The Balaban J connectivity index is 3.13. The largest absolute Gasteiger partial charge is 0.495 e. The summed E-state index contributed by atoms with van der Waals surface area (Å²) in [6.07, 6.45) is 0. The lowest BCUT2D eigenvalue weighted by molar-refractivity contribution is 0.402. The molecule has 3 N–H and O–H groups in total. The quantitative estimate of drug-likeness (QED) is 0.805. The third kappa shape index (κ3) is 3.72. The molecule has 0 aromatic heterocycles. The SMILES string of the molecule is C=C(Br)CNS(=O)(=O)c1cc(N)ccc1OC. The molecule has 0 aliphatic heterocycles. The molecule has 1 rings (SSSR count). The van der Waals surface area contributed by atoms with Gasteiger partial charge in [-0.15, -0.1) is 0 Å². The number of rotatable bonds is 5. The molecule has 0 fully saturated rings. The predicted octanol–water partition coefficient (Wildman–Crippen LogP) is 1.46. The summed E-state index contributed by atoms with van der Waals surface area (Å²) in [6, 6.07) is 4.42. The molecule has 0 heterocycles. The van der Waals surface area contributed by atoms with Gasteiger partial charge in [-0.1, -0.05) is 22.5 Å². The number of hydrogen-bond acceptors (Lipinski definition) is 4. The number of nitrogens with one attached hydrogen (secondary N) is 1. The summed E-state index contributed by atoms with van der Waals surface area (Å²) in [5.41, 5.74) is 5.91. The summed E-state index contributed by atoms with van der Waals surface area (Å²) in [7, 11) is -2.27. The standard InChI is InChI=1S/C10H13BrN2O3S/c1-7(11)6-13-17(14,15)10-5-8(12)3-4-9(10)16-2/h3-5,13H,1,6,12H2,2H3. The van der Waals surface area contributed by atoms with Gasteiger partial charge in [0.1, 0.15) is 10.6 Å². The van der Waals surface area contributed by atoms with Crippen molar-refractivity contribution in [2.24, 2.45) is 0 Å². The Morgan fingerprint density at radius 3 is 2.76 bits per heavy atom. The van der Waals surface area contributed by atoms with E-state index in [1.807, 2.05) is 0 Å². The molecule has 0 amide bonds. The van der Waals surface area contributed by atoms with E-state index < -0.39 is 10.0 Å². The van der Waals surface area contributed by atoms with E-state index in [2.05, 4.69) is 27.2 Å². The van der Waals surface area contributed by atoms with Crippen molar-refractivity contribution < 1.29 is 13.2 Å². The Morgan fingerprint density at radius 2 is 2.24 bits per heavy atom. The van der Waals surface area contributed by atoms with Crippen LogP contribution < -0.4 is 15.2 Å². The summed E-state index contributed by atoms with van der Waals surface area (Å²) >= 11 is 3.07. The maximum Gasteiger partial charge on any atom is 0.244 e. The van der Waals surface area contributed by atoms with E-state index in [1.165, 1.54) is 19.2 Å². The maximum atomic E-state index is 12.0. The summed E-state index contributed by atoms with van der Waals surface area (Å²) < 4.78 is 31.8. The van der Waals surface area contributed by atoms with Gasteiger partial charge in [-0.2, -0.15) is 0 Å². The number of anilines is 1. The molecule has 0 radical (unpaired) electrons. The van der Waals surface area contributed by atoms with Crippen LogP contribution >= 0.6 is 15.9 Å². The summed E-state index contributed by atoms with van der Waals surface area (Å²) in [6.45, 7) is 3.64. The normalized spacial score (nSPS) is 11.2. The Hall–Kier alpha value is -1.05. The molecule has 0 bridgehead atoms. The summed E-state index contributed by atoms with van der Waals surface area (Å²) in [5.74, 6) is 0.242. The van der Waals surface area contributed by atoms with Crippen LogP contribution in [0, 0.1) is 0 Å². The minimum atomic E-state index is -3.67. The minimum Gasteiger partial charge on any atom is -0.495 e. The number of hydrogen-bond donors (Lipinski definition) is 2. The monoisotopic (exact) mass is 320 g/mol. The first-order valence-electron chi connectivity index (χ1n) is 4.63. The van der Waals surface area contributed by atoms with E-state index in [0.717, 1.165) is 0 Å². The second-order valence-electron chi connectivity index (χ2n) is 3.25. The van der Waals surface area contributed by atoms with Gasteiger partial charge in [0, 0.05) is 16.7 Å². The van der Waals surface area contributed by atoms with Crippen molar-refractivity contribution in [3.05, 3.63) is 29.3 Å². The molecule has 1 aromatic carbocycles. The molecule has 0 spiro atoms. The summed E-state index contributed by atoms with van der Waals surface area (Å²) in [5, 5.41) is 0. The third-order valence-corrected chi connectivity index (χ3v) is 3.63. The van der Waals surface area contributed by atoms with Gasteiger partial charge in [0.25, 0.3) is 0 Å². The molecule has 94 valence electrons. The molecule has 0 aliphatic carbocycles. The number of halogens is 1. The molecular weight excluding hydrogens is 308 g/mol. The smallest absolute Gasteiger partial charge is 0.244 e. The van der Waals surface area contributed by atoms with Crippen molar-refractivity contribution in [3.63, 3.8) is 0 Å². The van der Waals surface area contributed by atoms with Crippen LogP contribution in [0.25, 0.3) is 0 Å². The molecule has 17 heavy (non-hydrogen) atoms. The Bertz CT molecular complexity index is 528. The number of benzene rings is 1. The Labute approximate surface area is 109 Å². The van der Waals surface area contributed by atoms with E-state index in [9.17, 15) is 8.42 Å². The van der Waals surface area contributed by atoms with E-state index in [4.69, 9.17) is 10.5 Å². The van der Waals surface area contributed by atoms with Gasteiger partial charge in [-0.3, -0.25) is 0 Å². The average molecular weight is 321 g/mol. The first-order chi connectivity index (χ1) is 7.86. The third-order valence-electron chi connectivity index (χ3n) is 1.93. The van der Waals surface area contributed by atoms with E-state index >= 15 is 0 Å². The van der Waals surface area contributed by atoms with Crippen LogP contribution in [0.15, 0.2) is 34.2 Å². The lowest BCUT2D eigenvalue weighted by atomic mass is 10.3. The van der Waals surface area contributed by atoms with Crippen molar-refractivity contribution in [1.29, 1.82) is 0 Å². The van der Waals surface area contributed by atoms with Crippen molar-refractivity contribution in [1.82, 2.24) is 4.72 Å². The first-order valence-corrected chi connectivity index (χ1v) is 6.91. The van der Waals surface area contributed by atoms with Crippen LogP contribution in [0.3, 0.4) is 0 Å². The maximum absolute atomic E-state index is 12.0. The van der Waals surface area contributed by atoms with Gasteiger partial charge >= 0.3 is 0 Å². The minimum absolute atomic E-state index is 0.00810. The van der Waals surface area contributed by atoms with Gasteiger partial charge in [0.05, 0.1) is 7.11 Å². The van der Waals surface area contributed by atoms with Crippen LogP contribution in [-0.2, 0) is 10.0 Å². The highest BCUT2D eigenvalue weighted by Crippen LogP contribution is 2.25. The molecule has 0 atom stereocenters. The molecule has 7 heteroatoms. The highest BCUT2D eigenvalue weighted by molar-refractivity contribution is 9.11. The first kappa shape index (κ1) is 14.0. The van der Waals surface area contributed by atoms with E-state index in [-0.39, 0.29) is 17.2 Å². The highest BCUT2D eigenvalue weighted by atomic mass is 79.9. The zero-order valence-electron chi connectivity index (χ0n) is 9.23. The zero-order valence-corrected chi connectivity index (χ0v) is 11.6. The van der Waals surface area contributed by atoms with E-state index in [1.54, 1.807) is 6.07 Å². The van der Waals surface area contributed by atoms with Crippen LogP contribution in [0.2, 0.25) is 0 Å². The van der Waals surface area contributed by atoms with Crippen LogP contribution in [-0.4, -0.2) is 22.1 Å². The fourth-order valence-corrected chi connectivity index (χ4v) is 2.71. The molecule has 1 aromatic rings. The fourth-order valence-electron chi connectivity index (χ4n) is 1.15. The lowest BCUT2D eigenvalue weighted by Crippen LogP contribution is -2.25. The van der Waals surface area contributed by atoms with E-state index in [0.29, 0.717) is 10.2 Å². The average Bonchev–Trinajstić information content (AvgIpc) is 2.26. The predicted molar refractivity (Wildman–Crippen MR) is 70.7 cm³/mol. The Kier molecular flexibility index (Phi) is 4.55. The topological polar surface area (TPSA) is 81.4 Å². The lowest BCUT2D eigenvalue weighted by Gasteiger charge is -2.10. The van der Waals surface area contributed by atoms with Crippen molar-refractivity contribution in [2.75, 3.05) is 19.4 Å². The zero-order chi connectivity index (χ0) is 13.1. The van der Waals surface area contributed by atoms with Crippen LogP contribution in [0.5, 0.6) is 5.75 Å².